The van der Waals surface area contributed by atoms with E-state index in [2.05, 4.69) is 5.32 Å². The van der Waals surface area contributed by atoms with E-state index in [-0.39, 0.29) is 18.9 Å². The predicted molar refractivity (Wildman–Crippen MR) is 74.9 cm³/mol. The van der Waals surface area contributed by atoms with Crippen LogP contribution in [-0.4, -0.2) is 28.3 Å². The van der Waals surface area contributed by atoms with Crippen LogP contribution in [-0.2, 0) is 4.79 Å². The Morgan fingerprint density at radius 2 is 2.16 bits per heavy atom. The summed E-state index contributed by atoms with van der Waals surface area (Å²) in [7, 11) is 0. The van der Waals surface area contributed by atoms with Crippen LogP contribution >= 0.6 is 11.3 Å². The SMILES string of the molecule is O=C(CC1(O)CCCCC1)NC[C@H](O)c1ccsc1. The van der Waals surface area contributed by atoms with E-state index < -0.39 is 11.7 Å². The van der Waals surface area contributed by atoms with Gasteiger partial charge in [0.05, 0.1) is 18.1 Å². The minimum Gasteiger partial charge on any atom is -0.389 e. The van der Waals surface area contributed by atoms with Crippen molar-refractivity contribution in [2.24, 2.45) is 0 Å². The van der Waals surface area contributed by atoms with Gasteiger partial charge < -0.3 is 15.5 Å². The summed E-state index contributed by atoms with van der Waals surface area (Å²) in [5.41, 5.74) is -0.0166. The highest BCUT2D eigenvalue weighted by molar-refractivity contribution is 7.07. The van der Waals surface area contributed by atoms with E-state index in [9.17, 15) is 15.0 Å². The second kappa shape index (κ2) is 6.50. The van der Waals surface area contributed by atoms with Gasteiger partial charge in [-0.05, 0) is 35.2 Å². The van der Waals surface area contributed by atoms with Crippen LogP contribution in [0.5, 0.6) is 0 Å². The molecule has 1 fully saturated rings. The lowest BCUT2D eigenvalue weighted by molar-refractivity contribution is -0.127. The average Bonchev–Trinajstić information content (AvgIpc) is 2.90. The summed E-state index contributed by atoms with van der Waals surface area (Å²) in [4.78, 5) is 11.8. The fourth-order valence-corrected chi connectivity index (χ4v) is 3.25. The minimum absolute atomic E-state index is 0.142. The van der Waals surface area contributed by atoms with Crippen molar-refractivity contribution in [1.82, 2.24) is 5.32 Å². The number of rotatable bonds is 5. The zero-order valence-electron chi connectivity index (χ0n) is 11.0. The van der Waals surface area contributed by atoms with Crippen molar-refractivity contribution in [2.75, 3.05) is 6.54 Å². The molecule has 19 heavy (non-hydrogen) atoms. The third-order valence-corrected chi connectivity index (χ3v) is 4.40. The number of hydrogen-bond donors (Lipinski definition) is 3. The molecule has 1 heterocycles. The zero-order chi connectivity index (χ0) is 13.7. The van der Waals surface area contributed by atoms with Crippen LogP contribution in [0.2, 0.25) is 0 Å². The molecule has 0 spiro atoms. The van der Waals surface area contributed by atoms with Gasteiger partial charge in [0.2, 0.25) is 5.91 Å². The number of aliphatic hydroxyl groups is 2. The molecule has 1 aromatic heterocycles. The standard InChI is InChI=1S/C14H21NO3S/c16-12(11-4-7-19-10-11)9-15-13(17)8-14(18)5-2-1-3-6-14/h4,7,10,12,16,18H,1-3,5-6,8-9H2,(H,15,17)/t12-/m0/s1. The normalized spacial score (nSPS) is 19.9. The summed E-state index contributed by atoms with van der Waals surface area (Å²) < 4.78 is 0. The first-order valence-electron chi connectivity index (χ1n) is 6.78. The molecule has 0 radical (unpaired) electrons. The van der Waals surface area contributed by atoms with E-state index in [4.69, 9.17) is 0 Å². The Balaban J connectivity index is 1.75. The summed E-state index contributed by atoms with van der Waals surface area (Å²) in [6.07, 6.45) is 3.99. The lowest BCUT2D eigenvalue weighted by atomic mass is 9.82. The van der Waals surface area contributed by atoms with Crippen molar-refractivity contribution in [3.05, 3.63) is 22.4 Å². The van der Waals surface area contributed by atoms with E-state index in [1.165, 1.54) is 11.3 Å². The molecule has 106 valence electrons. The van der Waals surface area contributed by atoms with Gasteiger partial charge in [0.25, 0.3) is 0 Å². The van der Waals surface area contributed by atoms with E-state index in [0.717, 1.165) is 24.8 Å². The number of aliphatic hydroxyl groups excluding tert-OH is 1. The number of thiophene rings is 1. The third-order valence-electron chi connectivity index (χ3n) is 3.69. The summed E-state index contributed by atoms with van der Waals surface area (Å²) in [6, 6.07) is 1.84. The Bertz CT molecular complexity index is 399. The quantitative estimate of drug-likeness (QED) is 0.774. The van der Waals surface area contributed by atoms with Crippen molar-refractivity contribution in [3.8, 4) is 0 Å². The van der Waals surface area contributed by atoms with Gasteiger partial charge in [-0.2, -0.15) is 11.3 Å². The molecule has 0 saturated heterocycles. The molecule has 0 unspecified atom stereocenters. The summed E-state index contributed by atoms with van der Waals surface area (Å²) in [5, 5.41) is 26.6. The molecule has 1 aliphatic rings. The van der Waals surface area contributed by atoms with Crippen LogP contribution in [0, 0.1) is 0 Å². The maximum atomic E-state index is 11.8. The van der Waals surface area contributed by atoms with Crippen LogP contribution < -0.4 is 5.32 Å². The van der Waals surface area contributed by atoms with Crippen molar-refractivity contribution < 1.29 is 15.0 Å². The number of carbonyl (C=O) groups excluding carboxylic acids is 1. The van der Waals surface area contributed by atoms with Gasteiger partial charge in [-0.3, -0.25) is 4.79 Å². The highest BCUT2D eigenvalue weighted by Gasteiger charge is 2.31. The fourth-order valence-electron chi connectivity index (χ4n) is 2.54. The van der Waals surface area contributed by atoms with Crippen LogP contribution in [0.15, 0.2) is 16.8 Å². The largest absolute Gasteiger partial charge is 0.389 e. The maximum absolute atomic E-state index is 11.8. The zero-order valence-corrected chi connectivity index (χ0v) is 11.8. The van der Waals surface area contributed by atoms with Gasteiger partial charge in [-0.1, -0.05) is 19.3 Å². The van der Waals surface area contributed by atoms with E-state index in [1.54, 1.807) is 0 Å². The second-order valence-corrected chi connectivity index (χ2v) is 6.12. The first-order chi connectivity index (χ1) is 9.09. The minimum atomic E-state index is -0.838. The Labute approximate surface area is 117 Å². The van der Waals surface area contributed by atoms with Gasteiger partial charge in [0.1, 0.15) is 0 Å². The van der Waals surface area contributed by atoms with Crippen molar-refractivity contribution in [1.29, 1.82) is 0 Å². The fraction of sp³-hybridized carbons (Fsp3) is 0.643. The van der Waals surface area contributed by atoms with Crippen molar-refractivity contribution >= 4 is 17.2 Å². The van der Waals surface area contributed by atoms with E-state index in [0.29, 0.717) is 12.8 Å². The van der Waals surface area contributed by atoms with Gasteiger partial charge in [0.15, 0.2) is 0 Å². The first-order valence-corrected chi connectivity index (χ1v) is 7.73. The third kappa shape index (κ3) is 4.30. The van der Waals surface area contributed by atoms with Crippen molar-refractivity contribution in [3.63, 3.8) is 0 Å². The van der Waals surface area contributed by atoms with Crippen LogP contribution in [0.1, 0.15) is 50.2 Å². The highest BCUT2D eigenvalue weighted by Crippen LogP contribution is 2.30. The number of carbonyl (C=O) groups is 1. The molecule has 1 aromatic rings. The Kier molecular flexibility index (Phi) is 4.96. The molecular weight excluding hydrogens is 262 g/mol. The first kappa shape index (κ1) is 14.5. The summed E-state index contributed by atoms with van der Waals surface area (Å²) in [5.74, 6) is -0.182. The molecular formula is C14H21NO3S. The number of nitrogens with one attached hydrogen (secondary N) is 1. The second-order valence-electron chi connectivity index (χ2n) is 5.34. The smallest absolute Gasteiger partial charge is 0.222 e. The lowest BCUT2D eigenvalue weighted by Gasteiger charge is -2.31. The monoisotopic (exact) mass is 283 g/mol. The molecule has 0 aliphatic heterocycles. The molecule has 1 atom stereocenters. The van der Waals surface area contributed by atoms with Crippen LogP contribution in [0.4, 0.5) is 0 Å². The van der Waals surface area contributed by atoms with Gasteiger partial charge in [0, 0.05) is 6.54 Å². The summed E-state index contributed by atoms with van der Waals surface area (Å²) >= 11 is 1.52. The van der Waals surface area contributed by atoms with Gasteiger partial charge in [-0.15, -0.1) is 0 Å². The van der Waals surface area contributed by atoms with Crippen molar-refractivity contribution in [2.45, 2.75) is 50.2 Å². The molecule has 0 aromatic carbocycles. The Hall–Kier alpha value is -0.910. The molecule has 5 heteroatoms. The number of amides is 1. The average molecular weight is 283 g/mol. The molecule has 1 saturated carbocycles. The molecule has 0 bridgehead atoms. The molecule has 2 rings (SSSR count). The molecule has 1 amide bonds. The number of hydrogen-bond acceptors (Lipinski definition) is 4. The van der Waals surface area contributed by atoms with Crippen LogP contribution in [0.3, 0.4) is 0 Å². The highest BCUT2D eigenvalue weighted by atomic mass is 32.1. The van der Waals surface area contributed by atoms with E-state index >= 15 is 0 Å². The predicted octanol–water partition coefficient (Wildman–Crippen LogP) is 1.98. The Morgan fingerprint density at radius 3 is 2.79 bits per heavy atom. The van der Waals surface area contributed by atoms with Gasteiger partial charge in [-0.25, -0.2) is 0 Å². The summed E-state index contributed by atoms with van der Waals surface area (Å²) in [6.45, 7) is 0.200. The van der Waals surface area contributed by atoms with Gasteiger partial charge >= 0.3 is 0 Å². The molecule has 3 N–H and O–H groups in total. The lowest BCUT2D eigenvalue weighted by Crippen LogP contribution is -2.39. The molecule has 4 nitrogen and oxygen atoms in total. The maximum Gasteiger partial charge on any atom is 0.222 e. The van der Waals surface area contributed by atoms with Crippen LogP contribution in [0.25, 0.3) is 0 Å². The Morgan fingerprint density at radius 1 is 1.42 bits per heavy atom. The topological polar surface area (TPSA) is 69.6 Å². The molecule has 1 aliphatic carbocycles. The van der Waals surface area contributed by atoms with E-state index in [1.807, 2.05) is 16.8 Å².